The van der Waals surface area contributed by atoms with Gasteiger partial charge in [-0.3, -0.25) is 4.79 Å². The fourth-order valence-corrected chi connectivity index (χ4v) is 3.44. The van der Waals surface area contributed by atoms with E-state index in [1.54, 1.807) is 0 Å². The van der Waals surface area contributed by atoms with E-state index in [4.69, 9.17) is 14.2 Å². The van der Waals surface area contributed by atoms with Crippen LogP contribution in [0.4, 0.5) is 11.5 Å². The van der Waals surface area contributed by atoms with E-state index in [1.807, 2.05) is 39.0 Å². The summed E-state index contributed by atoms with van der Waals surface area (Å²) in [6, 6.07) is 6.01. The molecule has 0 spiro atoms. The number of carbonyl (C=O) groups is 1. The Morgan fingerprint density at radius 3 is 2.76 bits per heavy atom. The molecule has 1 N–H and O–H groups in total. The standard InChI is InChI=1S/C21H25N5O3/c1-13-4-5-14(2)16(12-13)22-18(27)7-6-17-23-20(26-8-10-28-11-9-26)19-15(3)25-29-21(19)24-17/h4-5,12H,6-11H2,1-3H3,(H,22,27). The highest BCUT2D eigenvalue weighted by atomic mass is 16.5. The first-order chi connectivity index (χ1) is 14.0. The minimum absolute atomic E-state index is 0.0657. The zero-order valence-electron chi connectivity index (χ0n) is 17.0. The molecular weight excluding hydrogens is 370 g/mol. The average Bonchev–Trinajstić information content (AvgIpc) is 3.10. The monoisotopic (exact) mass is 395 g/mol. The number of amides is 1. The Bertz CT molecular complexity index is 1040. The lowest BCUT2D eigenvalue weighted by Crippen LogP contribution is -2.37. The summed E-state index contributed by atoms with van der Waals surface area (Å²) >= 11 is 0. The molecule has 0 aliphatic carbocycles. The van der Waals surface area contributed by atoms with Gasteiger partial charge in [-0.15, -0.1) is 0 Å². The van der Waals surface area contributed by atoms with E-state index in [1.165, 1.54) is 0 Å². The number of benzene rings is 1. The fraction of sp³-hybridized carbons (Fsp3) is 0.429. The minimum Gasteiger partial charge on any atom is -0.378 e. The molecule has 0 unspecified atom stereocenters. The maximum absolute atomic E-state index is 12.5. The highest BCUT2D eigenvalue weighted by Gasteiger charge is 2.22. The van der Waals surface area contributed by atoms with E-state index in [0.717, 1.165) is 46.8 Å². The third kappa shape index (κ3) is 4.22. The van der Waals surface area contributed by atoms with Gasteiger partial charge in [0.1, 0.15) is 17.0 Å². The minimum atomic E-state index is -0.0657. The highest BCUT2D eigenvalue weighted by molar-refractivity contribution is 5.92. The molecule has 4 rings (SSSR count). The van der Waals surface area contributed by atoms with Crippen LogP contribution >= 0.6 is 0 Å². The van der Waals surface area contributed by atoms with Crippen molar-refractivity contribution in [1.29, 1.82) is 0 Å². The maximum atomic E-state index is 12.5. The van der Waals surface area contributed by atoms with Crippen LogP contribution in [-0.2, 0) is 16.0 Å². The third-order valence-corrected chi connectivity index (χ3v) is 5.09. The molecule has 1 fully saturated rings. The number of hydrogen-bond acceptors (Lipinski definition) is 7. The van der Waals surface area contributed by atoms with Crippen LogP contribution in [-0.4, -0.2) is 47.3 Å². The van der Waals surface area contributed by atoms with E-state index in [9.17, 15) is 4.79 Å². The fourth-order valence-electron chi connectivity index (χ4n) is 3.44. The van der Waals surface area contributed by atoms with Crippen LogP contribution in [0.5, 0.6) is 0 Å². The zero-order valence-corrected chi connectivity index (χ0v) is 17.0. The van der Waals surface area contributed by atoms with E-state index >= 15 is 0 Å². The molecule has 8 nitrogen and oxygen atoms in total. The van der Waals surface area contributed by atoms with Gasteiger partial charge >= 0.3 is 0 Å². The molecule has 1 aliphatic rings. The summed E-state index contributed by atoms with van der Waals surface area (Å²) in [5.74, 6) is 1.32. The number of hydrogen-bond donors (Lipinski definition) is 1. The molecular formula is C21H25N5O3. The molecule has 8 heteroatoms. The number of aryl methyl sites for hydroxylation is 4. The summed E-state index contributed by atoms with van der Waals surface area (Å²) < 4.78 is 10.8. The Morgan fingerprint density at radius 1 is 1.17 bits per heavy atom. The smallest absolute Gasteiger partial charge is 0.263 e. The Kier molecular flexibility index (Phi) is 5.44. The van der Waals surface area contributed by atoms with Gasteiger partial charge in [-0.2, -0.15) is 4.98 Å². The maximum Gasteiger partial charge on any atom is 0.263 e. The van der Waals surface area contributed by atoms with Crippen LogP contribution in [0.1, 0.15) is 29.1 Å². The van der Waals surface area contributed by atoms with Crippen molar-refractivity contribution in [2.75, 3.05) is 36.5 Å². The number of rotatable bonds is 5. The van der Waals surface area contributed by atoms with Crippen LogP contribution in [0.2, 0.25) is 0 Å². The van der Waals surface area contributed by atoms with Crippen molar-refractivity contribution in [1.82, 2.24) is 15.1 Å². The highest BCUT2D eigenvalue weighted by Crippen LogP contribution is 2.28. The number of anilines is 2. The molecule has 1 saturated heterocycles. The summed E-state index contributed by atoms with van der Waals surface area (Å²) in [6.45, 7) is 8.69. The van der Waals surface area contributed by atoms with Crippen molar-refractivity contribution in [3.8, 4) is 0 Å². The predicted molar refractivity (Wildman–Crippen MR) is 110 cm³/mol. The van der Waals surface area contributed by atoms with Crippen LogP contribution in [0, 0.1) is 20.8 Å². The van der Waals surface area contributed by atoms with Crippen molar-refractivity contribution in [2.24, 2.45) is 0 Å². The van der Waals surface area contributed by atoms with Crippen LogP contribution in [0.15, 0.2) is 22.7 Å². The zero-order chi connectivity index (χ0) is 20.4. The topological polar surface area (TPSA) is 93.4 Å². The van der Waals surface area contributed by atoms with Crippen molar-refractivity contribution < 1.29 is 14.1 Å². The number of ether oxygens (including phenoxy) is 1. The van der Waals surface area contributed by atoms with Gasteiger partial charge in [-0.1, -0.05) is 17.3 Å². The Labute approximate surface area is 169 Å². The molecule has 0 atom stereocenters. The lowest BCUT2D eigenvalue weighted by molar-refractivity contribution is -0.116. The van der Waals surface area contributed by atoms with Crippen LogP contribution in [0.3, 0.4) is 0 Å². The number of nitrogens with one attached hydrogen (secondary N) is 1. The quantitative estimate of drug-likeness (QED) is 0.710. The number of morpholine rings is 1. The van der Waals surface area contributed by atoms with Gasteiger partial charge in [0, 0.05) is 31.6 Å². The first-order valence-corrected chi connectivity index (χ1v) is 9.84. The molecule has 3 aromatic rings. The van der Waals surface area contributed by atoms with Gasteiger partial charge in [0.15, 0.2) is 0 Å². The largest absolute Gasteiger partial charge is 0.378 e. The van der Waals surface area contributed by atoms with E-state index in [-0.39, 0.29) is 12.3 Å². The predicted octanol–water partition coefficient (Wildman–Crippen LogP) is 2.95. The van der Waals surface area contributed by atoms with Gasteiger partial charge in [-0.25, -0.2) is 4.98 Å². The van der Waals surface area contributed by atoms with Crippen molar-refractivity contribution in [3.05, 3.63) is 40.8 Å². The van der Waals surface area contributed by atoms with Gasteiger partial charge in [0.2, 0.25) is 5.91 Å². The van der Waals surface area contributed by atoms with Crippen LogP contribution < -0.4 is 10.2 Å². The Balaban J connectivity index is 1.52. The molecule has 1 aromatic carbocycles. The number of fused-ring (bicyclic) bond motifs is 1. The van der Waals surface area contributed by atoms with Crippen molar-refractivity contribution >= 4 is 28.5 Å². The lowest BCUT2D eigenvalue weighted by Gasteiger charge is -2.28. The first kappa shape index (κ1) is 19.3. The first-order valence-electron chi connectivity index (χ1n) is 9.84. The van der Waals surface area contributed by atoms with E-state index in [2.05, 4.69) is 20.4 Å². The summed E-state index contributed by atoms with van der Waals surface area (Å²) in [5.41, 5.74) is 4.21. The van der Waals surface area contributed by atoms with Gasteiger partial charge in [0.25, 0.3) is 5.71 Å². The molecule has 3 heterocycles. The summed E-state index contributed by atoms with van der Waals surface area (Å²) in [6.07, 6.45) is 0.707. The van der Waals surface area contributed by atoms with Gasteiger partial charge < -0.3 is 19.5 Å². The Morgan fingerprint density at radius 2 is 1.97 bits per heavy atom. The molecule has 2 aromatic heterocycles. The molecule has 0 radical (unpaired) electrons. The molecule has 1 amide bonds. The number of carbonyl (C=O) groups excluding carboxylic acids is 1. The van der Waals surface area contributed by atoms with E-state index in [0.29, 0.717) is 31.2 Å². The SMILES string of the molecule is Cc1ccc(C)c(NC(=O)CCc2nc(N3CCOCC3)c3c(C)noc3n2)c1. The summed E-state index contributed by atoms with van der Waals surface area (Å²) in [5, 5.41) is 7.86. The number of nitrogens with zero attached hydrogens (tertiary/aromatic N) is 4. The summed E-state index contributed by atoms with van der Waals surface area (Å²) in [4.78, 5) is 23.9. The Hall–Kier alpha value is -3.00. The van der Waals surface area contributed by atoms with Crippen molar-refractivity contribution in [2.45, 2.75) is 33.6 Å². The second-order valence-corrected chi connectivity index (χ2v) is 7.38. The number of aromatic nitrogens is 3. The molecule has 152 valence electrons. The summed E-state index contributed by atoms with van der Waals surface area (Å²) in [7, 11) is 0. The molecule has 1 aliphatic heterocycles. The van der Waals surface area contributed by atoms with Gasteiger partial charge in [0.05, 0.1) is 18.9 Å². The van der Waals surface area contributed by atoms with Crippen LogP contribution in [0.25, 0.3) is 11.1 Å². The normalized spacial score (nSPS) is 14.4. The molecule has 29 heavy (non-hydrogen) atoms. The molecule has 0 bridgehead atoms. The van der Waals surface area contributed by atoms with Gasteiger partial charge in [-0.05, 0) is 38.0 Å². The lowest BCUT2D eigenvalue weighted by atomic mass is 10.1. The third-order valence-electron chi connectivity index (χ3n) is 5.09. The van der Waals surface area contributed by atoms with E-state index < -0.39 is 0 Å². The second-order valence-electron chi connectivity index (χ2n) is 7.38. The van der Waals surface area contributed by atoms with Crippen molar-refractivity contribution in [3.63, 3.8) is 0 Å². The second kappa shape index (κ2) is 8.16. The average molecular weight is 395 g/mol. The molecule has 0 saturated carbocycles.